The predicted octanol–water partition coefficient (Wildman–Crippen LogP) is 9.59. The maximum atomic E-state index is 2.36. The molecule has 0 N–H and O–H groups in total. The fourth-order valence-corrected chi connectivity index (χ4v) is 7.55. The van der Waals surface area contributed by atoms with Gasteiger partial charge in [0, 0.05) is 35.9 Å². The first-order chi connectivity index (χ1) is 17.7. The predicted molar refractivity (Wildman–Crippen MR) is 159 cm³/mol. The van der Waals surface area contributed by atoms with Gasteiger partial charge in [0.2, 0.25) is 0 Å². The van der Waals surface area contributed by atoms with Crippen LogP contribution < -0.4 is 0 Å². The highest BCUT2D eigenvalue weighted by molar-refractivity contribution is 7.13. The van der Waals surface area contributed by atoms with Gasteiger partial charge in [-0.3, -0.25) is 0 Å². The van der Waals surface area contributed by atoms with Gasteiger partial charge in [-0.25, -0.2) is 0 Å². The monoisotopic (exact) mass is 498 g/mol. The number of hydrogen-bond acceptors (Lipinski definition) is 2. The first-order valence-electron chi connectivity index (χ1n) is 12.1. The quantitative estimate of drug-likeness (QED) is 0.210. The van der Waals surface area contributed by atoms with Crippen molar-refractivity contribution in [3.05, 3.63) is 95.7 Å². The fourth-order valence-electron chi connectivity index (χ4n) is 6.00. The van der Waals surface area contributed by atoms with Crippen LogP contribution in [0.15, 0.2) is 95.7 Å². The van der Waals surface area contributed by atoms with Crippen molar-refractivity contribution >= 4 is 76.8 Å². The molecule has 0 unspecified atom stereocenters. The molecule has 8 aromatic rings. The third kappa shape index (κ3) is 2.66. The number of thiophene rings is 2. The summed E-state index contributed by atoms with van der Waals surface area (Å²) in [5, 5.41) is 14.8. The minimum atomic E-state index is 1.28. The van der Waals surface area contributed by atoms with Crippen LogP contribution >= 0.6 is 22.7 Å². The summed E-state index contributed by atoms with van der Waals surface area (Å²) in [6.45, 7) is 0. The number of hydrogen-bond donors (Lipinski definition) is 0. The van der Waals surface area contributed by atoms with E-state index in [4.69, 9.17) is 0 Å². The number of benzene rings is 4. The van der Waals surface area contributed by atoms with Gasteiger partial charge in [-0.2, -0.15) is 0 Å². The Kier molecular flexibility index (Phi) is 4.14. The van der Waals surface area contributed by atoms with Crippen molar-refractivity contribution in [2.75, 3.05) is 0 Å². The molecule has 8 rings (SSSR count). The molecule has 0 aliphatic carbocycles. The third-order valence-electron chi connectivity index (χ3n) is 7.79. The lowest BCUT2D eigenvalue weighted by molar-refractivity contribution is 0.982. The van der Waals surface area contributed by atoms with Crippen LogP contribution in [0.4, 0.5) is 0 Å². The van der Waals surface area contributed by atoms with Crippen molar-refractivity contribution in [1.29, 1.82) is 0 Å². The molecule has 0 saturated heterocycles. The van der Waals surface area contributed by atoms with Gasteiger partial charge in [0.25, 0.3) is 0 Å². The van der Waals surface area contributed by atoms with E-state index < -0.39 is 0 Å². The van der Waals surface area contributed by atoms with E-state index in [0.717, 1.165) is 0 Å². The van der Waals surface area contributed by atoms with E-state index in [0.29, 0.717) is 0 Å². The Morgan fingerprint density at radius 1 is 0.444 bits per heavy atom. The van der Waals surface area contributed by atoms with Crippen molar-refractivity contribution in [3.63, 3.8) is 0 Å². The molecule has 4 heteroatoms. The van der Waals surface area contributed by atoms with Crippen LogP contribution in [-0.4, -0.2) is 9.13 Å². The molecule has 0 spiro atoms. The summed E-state index contributed by atoms with van der Waals surface area (Å²) in [5.74, 6) is 0. The van der Waals surface area contributed by atoms with Crippen LogP contribution in [0.3, 0.4) is 0 Å². The Hall–Kier alpha value is -3.86. The molecule has 4 aromatic carbocycles. The van der Waals surface area contributed by atoms with E-state index >= 15 is 0 Å². The number of nitrogens with zero attached hydrogens (tertiary/aromatic N) is 2. The van der Waals surface area contributed by atoms with E-state index in [1.54, 1.807) is 22.7 Å². The van der Waals surface area contributed by atoms with E-state index in [1.807, 2.05) is 0 Å². The molecule has 0 aliphatic rings. The van der Waals surface area contributed by atoms with Crippen LogP contribution in [0.5, 0.6) is 0 Å². The van der Waals surface area contributed by atoms with Crippen LogP contribution in [0.1, 0.15) is 0 Å². The molecule has 0 fully saturated rings. The second-order valence-corrected chi connectivity index (χ2v) is 11.4. The third-order valence-corrected chi connectivity index (χ3v) is 9.57. The maximum absolute atomic E-state index is 2.36. The molecule has 0 aliphatic heterocycles. The normalized spacial score (nSPS) is 12.2. The average molecular weight is 499 g/mol. The average Bonchev–Trinajstić information content (AvgIpc) is 3.71. The summed E-state index contributed by atoms with van der Waals surface area (Å²) in [5.41, 5.74) is 5.11. The van der Waals surface area contributed by atoms with Gasteiger partial charge < -0.3 is 9.13 Å². The Morgan fingerprint density at radius 2 is 0.806 bits per heavy atom. The minimum Gasteiger partial charge on any atom is -0.343 e. The van der Waals surface area contributed by atoms with E-state index in [1.165, 1.54) is 75.3 Å². The summed E-state index contributed by atoms with van der Waals surface area (Å²) < 4.78 is 4.64. The zero-order valence-electron chi connectivity index (χ0n) is 19.9. The summed E-state index contributed by atoms with van der Waals surface area (Å²) in [6.07, 6.45) is 0. The van der Waals surface area contributed by atoms with Gasteiger partial charge in [-0.15, -0.1) is 22.7 Å². The maximum Gasteiger partial charge on any atom is 0.0590 e. The zero-order valence-corrected chi connectivity index (χ0v) is 21.6. The molecule has 172 valence electrons. The summed E-state index contributed by atoms with van der Waals surface area (Å²) in [4.78, 5) is 2.62. The first kappa shape index (κ1) is 20.3. The summed E-state index contributed by atoms with van der Waals surface area (Å²) in [6, 6.07) is 31.9. The number of aryl methyl sites for hydroxylation is 2. The van der Waals surface area contributed by atoms with E-state index in [9.17, 15) is 0 Å². The lowest BCUT2D eigenvalue weighted by Crippen LogP contribution is -1.90. The fraction of sp³-hybridized carbons (Fsp3) is 0.0625. The lowest BCUT2D eigenvalue weighted by Gasteiger charge is -2.10. The van der Waals surface area contributed by atoms with Crippen molar-refractivity contribution < 1.29 is 0 Å². The molecule has 36 heavy (non-hydrogen) atoms. The molecule has 0 atom stereocenters. The zero-order chi connectivity index (χ0) is 24.0. The SMILES string of the molecule is Cn1c(-c2cccs2)cc2c3ccc4c(ccc5c4ccc4c5cc(-c5cccs5)n4C)c3ccc21. The highest BCUT2D eigenvalue weighted by atomic mass is 32.1. The Bertz CT molecular complexity index is 1950. The number of fused-ring (bicyclic) bond motifs is 9. The van der Waals surface area contributed by atoms with Crippen LogP contribution in [0, 0.1) is 0 Å². The Morgan fingerprint density at radius 3 is 1.17 bits per heavy atom. The second-order valence-electron chi connectivity index (χ2n) is 9.55. The van der Waals surface area contributed by atoms with Gasteiger partial charge in [0.1, 0.15) is 0 Å². The molecule has 0 amide bonds. The van der Waals surface area contributed by atoms with Crippen molar-refractivity contribution in [3.8, 4) is 21.1 Å². The van der Waals surface area contributed by atoms with Gasteiger partial charge >= 0.3 is 0 Å². The van der Waals surface area contributed by atoms with Crippen molar-refractivity contribution in [1.82, 2.24) is 9.13 Å². The standard InChI is InChI=1S/C32H22N2S2/c1-33-27-13-11-21-19-8-10-24-22(12-14-28-26(24)18-30(34(28)2)32-6-4-16-36-32)20(19)7-9-23(21)25(27)17-29(33)31-5-3-15-35-31/h3-18H,1-2H3. The smallest absolute Gasteiger partial charge is 0.0590 e. The van der Waals surface area contributed by atoms with E-state index in [-0.39, 0.29) is 0 Å². The molecule has 0 bridgehead atoms. The molecule has 2 nitrogen and oxygen atoms in total. The number of rotatable bonds is 2. The van der Waals surface area contributed by atoms with Crippen LogP contribution in [0.2, 0.25) is 0 Å². The molecular formula is C32H22N2S2. The Balaban J connectivity index is 1.41. The van der Waals surface area contributed by atoms with Crippen LogP contribution in [0.25, 0.3) is 75.3 Å². The topological polar surface area (TPSA) is 9.86 Å². The first-order valence-corrected chi connectivity index (χ1v) is 13.9. The molecule has 4 aromatic heterocycles. The Labute approximate surface area is 216 Å². The van der Waals surface area contributed by atoms with E-state index in [2.05, 4.69) is 119 Å². The van der Waals surface area contributed by atoms with Crippen molar-refractivity contribution in [2.24, 2.45) is 14.1 Å². The minimum absolute atomic E-state index is 1.28. The summed E-state index contributed by atoms with van der Waals surface area (Å²) in [7, 11) is 4.35. The number of aromatic nitrogens is 2. The molecule has 0 saturated carbocycles. The van der Waals surface area contributed by atoms with Gasteiger partial charge in [0.05, 0.1) is 21.1 Å². The van der Waals surface area contributed by atoms with Gasteiger partial charge in [0.15, 0.2) is 0 Å². The molecular weight excluding hydrogens is 477 g/mol. The molecule has 4 heterocycles. The lowest BCUT2D eigenvalue weighted by atomic mass is 9.94. The molecule has 0 radical (unpaired) electrons. The van der Waals surface area contributed by atoms with Crippen molar-refractivity contribution in [2.45, 2.75) is 0 Å². The van der Waals surface area contributed by atoms with Gasteiger partial charge in [-0.1, -0.05) is 48.5 Å². The largest absolute Gasteiger partial charge is 0.343 e. The highest BCUT2D eigenvalue weighted by Crippen LogP contribution is 2.40. The highest BCUT2D eigenvalue weighted by Gasteiger charge is 2.15. The second kappa shape index (κ2) is 7.33. The van der Waals surface area contributed by atoms with Crippen LogP contribution in [-0.2, 0) is 14.1 Å². The summed E-state index contributed by atoms with van der Waals surface area (Å²) >= 11 is 3.59. The van der Waals surface area contributed by atoms with Gasteiger partial charge in [-0.05, 0) is 79.5 Å².